The van der Waals surface area contributed by atoms with E-state index >= 15 is 0 Å². The number of carbonyl (C=O) groups excluding carboxylic acids is 3. The molecule has 1 amide bonds. The molecule has 0 radical (unpaired) electrons. The van der Waals surface area contributed by atoms with E-state index in [9.17, 15) is 14.4 Å². The highest BCUT2D eigenvalue weighted by molar-refractivity contribution is 5.95. The number of amides is 1. The molecule has 0 unspecified atom stereocenters. The molecule has 0 fully saturated rings. The van der Waals surface area contributed by atoms with Crippen molar-refractivity contribution in [1.82, 2.24) is 0 Å². The number of ether oxygens (including phenoxy) is 4. The van der Waals surface area contributed by atoms with Gasteiger partial charge in [-0.3, -0.25) is 9.59 Å². The van der Waals surface area contributed by atoms with Crippen LogP contribution in [0.4, 0.5) is 5.69 Å². The third-order valence-corrected chi connectivity index (χ3v) is 3.94. The van der Waals surface area contributed by atoms with Gasteiger partial charge in [-0.05, 0) is 50.2 Å². The van der Waals surface area contributed by atoms with E-state index in [-0.39, 0.29) is 19.2 Å². The molecule has 28 heavy (non-hydrogen) atoms. The van der Waals surface area contributed by atoms with Crippen LogP contribution in [0.5, 0.6) is 17.2 Å². The highest BCUT2D eigenvalue weighted by Gasteiger charge is 2.20. The second kappa shape index (κ2) is 8.43. The molecule has 1 aliphatic heterocycles. The number of Topliss-reactive ketones (excluding diaryl/α,β-unsaturated/α-hetero) is 1. The first-order valence-electron chi connectivity index (χ1n) is 8.56. The van der Waals surface area contributed by atoms with E-state index in [4.69, 9.17) is 18.9 Å². The lowest BCUT2D eigenvalue weighted by atomic mass is 10.1. The Morgan fingerprint density at radius 3 is 2.50 bits per heavy atom. The number of hydrogen-bond donors (Lipinski definition) is 1. The average molecular weight is 385 g/mol. The van der Waals surface area contributed by atoms with Gasteiger partial charge >= 0.3 is 5.97 Å². The van der Waals surface area contributed by atoms with Crippen molar-refractivity contribution in [3.05, 3.63) is 48.0 Å². The highest BCUT2D eigenvalue weighted by atomic mass is 16.7. The van der Waals surface area contributed by atoms with Crippen molar-refractivity contribution < 1.29 is 33.3 Å². The number of carbonyl (C=O) groups is 3. The minimum absolute atomic E-state index is 0.0618. The normalized spacial score (nSPS) is 12.8. The summed E-state index contributed by atoms with van der Waals surface area (Å²) >= 11 is 0. The molecule has 8 heteroatoms. The molecule has 1 atom stereocenters. The maximum absolute atomic E-state index is 12.2. The first-order valence-corrected chi connectivity index (χ1v) is 8.56. The fourth-order valence-electron chi connectivity index (χ4n) is 2.43. The van der Waals surface area contributed by atoms with E-state index in [1.54, 1.807) is 42.5 Å². The first kappa shape index (κ1) is 19.2. The lowest BCUT2D eigenvalue weighted by molar-refractivity contribution is -0.155. The third-order valence-electron chi connectivity index (χ3n) is 3.94. The minimum atomic E-state index is -1.01. The van der Waals surface area contributed by atoms with E-state index in [0.717, 1.165) is 0 Å². The van der Waals surface area contributed by atoms with Crippen LogP contribution in [-0.4, -0.2) is 37.2 Å². The summed E-state index contributed by atoms with van der Waals surface area (Å²) in [5.74, 6) is 0.312. The molecule has 0 bridgehead atoms. The molecule has 2 aromatic rings. The number of nitrogens with one attached hydrogen (secondary N) is 1. The van der Waals surface area contributed by atoms with Crippen LogP contribution in [0.25, 0.3) is 0 Å². The largest absolute Gasteiger partial charge is 0.482 e. The van der Waals surface area contributed by atoms with E-state index < -0.39 is 18.0 Å². The molecule has 146 valence electrons. The molecule has 1 aliphatic rings. The maximum Gasteiger partial charge on any atom is 0.344 e. The summed E-state index contributed by atoms with van der Waals surface area (Å²) in [6, 6.07) is 11.3. The van der Waals surface area contributed by atoms with Crippen LogP contribution in [0.3, 0.4) is 0 Å². The monoisotopic (exact) mass is 385 g/mol. The first-order chi connectivity index (χ1) is 13.4. The van der Waals surface area contributed by atoms with E-state index in [2.05, 4.69) is 5.32 Å². The Bertz CT molecular complexity index is 892. The molecule has 0 saturated heterocycles. The van der Waals surface area contributed by atoms with Crippen molar-refractivity contribution in [3.63, 3.8) is 0 Å². The molecule has 0 aliphatic carbocycles. The van der Waals surface area contributed by atoms with Crippen LogP contribution in [0.1, 0.15) is 24.2 Å². The van der Waals surface area contributed by atoms with Gasteiger partial charge in [-0.2, -0.15) is 0 Å². The van der Waals surface area contributed by atoms with Gasteiger partial charge in [0.25, 0.3) is 5.91 Å². The molecule has 8 nitrogen and oxygen atoms in total. The van der Waals surface area contributed by atoms with Gasteiger partial charge in [0.05, 0.1) is 0 Å². The van der Waals surface area contributed by atoms with Crippen molar-refractivity contribution in [3.8, 4) is 17.2 Å². The summed E-state index contributed by atoms with van der Waals surface area (Å²) in [6.07, 6.45) is -1.01. The second-order valence-corrected chi connectivity index (χ2v) is 6.06. The lowest BCUT2D eigenvalue weighted by Gasteiger charge is -2.14. The van der Waals surface area contributed by atoms with Crippen molar-refractivity contribution in [2.75, 3.05) is 18.7 Å². The zero-order chi connectivity index (χ0) is 20.1. The van der Waals surface area contributed by atoms with Gasteiger partial charge in [-0.15, -0.1) is 0 Å². The summed E-state index contributed by atoms with van der Waals surface area (Å²) in [4.78, 5) is 35.3. The molecule has 3 rings (SSSR count). The van der Waals surface area contributed by atoms with Crippen molar-refractivity contribution >= 4 is 23.3 Å². The lowest BCUT2D eigenvalue weighted by Crippen LogP contribution is -2.31. The molecular weight excluding hydrogens is 366 g/mol. The average Bonchev–Trinajstić information content (AvgIpc) is 3.14. The predicted octanol–water partition coefficient (Wildman–Crippen LogP) is 2.57. The molecular formula is C20H19NO7. The van der Waals surface area contributed by atoms with E-state index in [1.807, 2.05) is 0 Å². The maximum atomic E-state index is 12.2. The Morgan fingerprint density at radius 1 is 1.07 bits per heavy atom. The van der Waals surface area contributed by atoms with Gasteiger partial charge in [0.1, 0.15) is 5.75 Å². The number of anilines is 1. The van der Waals surface area contributed by atoms with Crippen LogP contribution in [0.2, 0.25) is 0 Å². The number of ketones is 1. The Labute approximate surface area is 161 Å². The predicted molar refractivity (Wildman–Crippen MR) is 98.7 cm³/mol. The van der Waals surface area contributed by atoms with Crippen molar-refractivity contribution in [1.29, 1.82) is 0 Å². The third kappa shape index (κ3) is 4.79. The van der Waals surface area contributed by atoms with Crippen LogP contribution >= 0.6 is 0 Å². The number of rotatable bonds is 7. The van der Waals surface area contributed by atoms with Gasteiger partial charge < -0.3 is 24.3 Å². The van der Waals surface area contributed by atoms with Gasteiger partial charge in [-0.25, -0.2) is 4.79 Å². The van der Waals surface area contributed by atoms with Crippen molar-refractivity contribution in [2.45, 2.75) is 20.0 Å². The Balaban J connectivity index is 1.46. The van der Waals surface area contributed by atoms with Gasteiger partial charge in [-0.1, -0.05) is 0 Å². The number of hydrogen-bond acceptors (Lipinski definition) is 7. The highest BCUT2D eigenvalue weighted by Crippen LogP contribution is 2.34. The molecule has 1 N–H and O–H groups in total. The standard InChI is InChI=1S/C20H19NO7/c1-12(22)14-3-6-16(7-4-14)25-10-19(23)28-13(2)20(24)21-15-5-8-17-18(9-15)27-11-26-17/h3-9,13H,10-11H2,1-2H3,(H,21,24)/t13-/m0/s1. The topological polar surface area (TPSA) is 100 Å². The van der Waals surface area contributed by atoms with Crippen LogP contribution < -0.4 is 19.5 Å². The van der Waals surface area contributed by atoms with Gasteiger partial charge in [0, 0.05) is 17.3 Å². The summed E-state index contributed by atoms with van der Waals surface area (Å²) in [5, 5.41) is 2.64. The van der Waals surface area contributed by atoms with Crippen LogP contribution in [-0.2, 0) is 14.3 Å². The number of benzene rings is 2. The quantitative estimate of drug-likeness (QED) is 0.577. The summed E-state index contributed by atoms with van der Waals surface area (Å²) in [7, 11) is 0. The zero-order valence-corrected chi connectivity index (χ0v) is 15.4. The van der Waals surface area contributed by atoms with E-state index in [1.165, 1.54) is 13.8 Å². The molecule has 0 aromatic heterocycles. The SMILES string of the molecule is CC(=O)c1ccc(OCC(=O)O[C@@H](C)C(=O)Nc2ccc3c(c2)OCO3)cc1. The molecule has 0 spiro atoms. The molecule has 1 heterocycles. The van der Waals surface area contributed by atoms with Crippen LogP contribution in [0, 0.1) is 0 Å². The minimum Gasteiger partial charge on any atom is -0.482 e. The van der Waals surface area contributed by atoms with Gasteiger partial charge in [0.2, 0.25) is 6.79 Å². The molecule has 0 saturated carbocycles. The number of fused-ring (bicyclic) bond motifs is 1. The smallest absolute Gasteiger partial charge is 0.344 e. The van der Waals surface area contributed by atoms with Crippen LogP contribution in [0.15, 0.2) is 42.5 Å². The molecule has 2 aromatic carbocycles. The van der Waals surface area contributed by atoms with Crippen molar-refractivity contribution in [2.24, 2.45) is 0 Å². The summed E-state index contributed by atoms with van der Waals surface area (Å²) in [6.45, 7) is 2.70. The Kier molecular flexibility index (Phi) is 5.78. The Hall–Kier alpha value is -3.55. The second-order valence-electron chi connectivity index (χ2n) is 6.06. The fourth-order valence-corrected chi connectivity index (χ4v) is 2.43. The zero-order valence-electron chi connectivity index (χ0n) is 15.4. The van der Waals surface area contributed by atoms with E-state index in [0.29, 0.717) is 28.5 Å². The summed E-state index contributed by atoms with van der Waals surface area (Å²) < 4.78 is 20.8. The Morgan fingerprint density at radius 2 is 1.79 bits per heavy atom. The van der Waals surface area contributed by atoms with Gasteiger partial charge in [0.15, 0.2) is 30.0 Å². The number of esters is 1. The summed E-state index contributed by atoms with van der Waals surface area (Å²) in [5.41, 5.74) is 1.04. The fraction of sp³-hybridized carbons (Fsp3) is 0.250.